The van der Waals surface area contributed by atoms with E-state index in [2.05, 4.69) is 51.7 Å². The first-order valence-corrected chi connectivity index (χ1v) is 8.68. The van der Waals surface area contributed by atoms with Gasteiger partial charge in [-0.3, -0.25) is 4.90 Å². The van der Waals surface area contributed by atoms with E-state index in [1.165, 1.54) is 49.9 Å². The predicted molar refractivity (Wildman–Crippen MR) is 107 cm³/mol. The molecule has 3 rings (SSSR count). The number of nitrogens with one attached hydrogen (secondary N) is 2. The maximum Gasteiger partial charge on any atom is 0.191 e. The molecule has 1 aromatic carbocycles. The highest BCUT2D eigenvalue weighted by Crippen LogP contribution is 2.18. The highest BCUT2D eigenvalue weighted by atomic mass is 127. The number of benzene rings is 1. The summed E-state index contributed by atoms with van der Waals surface area (Å²) in [5.74, 6) is 0.950. The van der Waals surface area contributed by atoms with Gasteiger partial charge in [-0.05, 0) is 56.8 Å². The van der Waals surface area contributed by atoms with Crippen LogP contribution in [0.1, 0.15) is 43.7 Å². The van der Waals surface area contributed by atoms with E-state index in [-0.39, 0.29) is 24.0 Å². The Morgan fingerprint density at radius 1 is 1.13 bits per heavy atom. The second-order valence-electron chi connectivity index (χ2n) is 6.41. The average molecular weight is 428 g/mol. The van der Waals surface area contributed by atoms with Gasteiger partial charge in [0.2, 0.25) is 0 Å². The Morgan fingerprint density at radius 2 is 1.78 bits per heavy atom. The Morgan fingerprint density at radius 3 is 2.39 bits per heavy atom. The monoisotopic (exact) mass is 428 g/mol. The second-order valence-corrected chi connectivity index (χ2v) is 6.41. The van der Waals surface area contributed by atoms with Crippen molar-refractivity contribution in [2.24, 2.45) is 4.99 Å². The molecular formula is C18H29IN4. The van der Waals surface area contributed by atoms with Gasteiger partial charge in [-0.1, -0.05) is 24.3 Å². The van der Waals surface area contributed by atoms with Gasteiger partial charge >= 0.3 is 0 Å². The summed E-state index contributed by atoms with van der Waals surface area (Å²) in [5.41, 5.74) is 2.69. The van der Waals surface area contributed by atoms with Crippen molar-refractivity contribution in [2.45, 2.75) is 51.7 Å². The van der Waals surface area contributed by atoms with Gasteiger partial charge in [0.15, 0.2) is 5.96 Å². The van der Waals surface area contributed by atoms with Crippen molar-refractivity contribution >= 4 is 29.9 Å². The van der Waals surface area contributed by atoms with Gasteiger partial charge in [0.1, 0.15) is 0 Å². The molecule has 23 heavy (non-hydrogen) atoms. The first kappa shape index (κ1) is 18.5. The second kappa shape index (κ2) is 9.47. The van der Waals surface area contributed by atoms with Crippen LogP contribution in [0.3, 0.4) is 0 Å². The van der Waals surface area contributed by atoms with Gasteiger partial charge in [-0.15, -0.1) is 24.0 Å². The van der Waals surface area contributed by atoms with Gasteiger partial charge in [0.25, 0.3) is 0 Å². The molecule has 1 heterocycles. The lowest BCUT2D eigenvalue weighted by molar-refractivity contribution is 0.331. The molecule has 5 heteroatoms. The van der Waals surface area contributed by atoms with Crippen molar-refractivity contribution in [3.63, 3.8) is 0 Å². The van der Waals surface area contributed by atoms with E-state index in [4.69, 9.17) is 0 Å². The maximum atomic E-state index is 4.68. The van der Waals surface area contributed by atoms with Crippen LogP contribution in [0.25, 0.3) is 0 Å². The molecule has 1 saturated heterocycles. The third-order valence-electron chi connectivity index (χ3n) is 4.31. The number of hydrogen-bond acceptors (Lipinski definition) is 2. The highest BCUT2D eigenvalue weighted by Gasteiger charge is 2.22. The minimum absolute atomic E-state index is 0. The van der Waals surface area contributed by atoms with Crippen molar-refractivity contribution in [3.8, 4) is 0 Å². The number of nitrogens with zero attached hydrogens (tertiary/aromatic N) is 2. The van der Waals surface area contributed by atoms with Crippen molar-refractivity contribution in [1.82, 2.24) is 15.5 Å². The Labute approximate surface area is 157 Å². The molecule has 1 saturated carbocycles. The van der Waals surface area contributed by atoms with Gasteiger partial charge in [-0.2, -0.15) is 0 Å². The molecule has 0 unspecified atom stereocenters. The third-order valence-corrected chi connectivity index (χ3v) is 4.31. The molecule has 0 atom stereocenters. The van der Waals surface area contributed by atoms with Gasteiger partial charge in [-0.25, -0.2) is 4.99 Å². The first-order chi connectivity index (χ1) is 10.8. The topological polar surface area (TPSA) is 39.7 Å². The third kappa shape index (κ3) is 6.30. The summed E-state index contributed by atoms with van der Waals surface area (Å²) in [7, 11) is 0. The molecule has 128 valence electrons. The molecule has 0 radical (unpaired) electrons. The molecule has 2 fully saturated rings. The maximum absolute atomic E-state index is 4.68. The van der Waals surface area contributed by atoms with Crippen LogP contribution >= 0.6 is 24.0 Å². The largest absolute Gasteiger partial charge is 0.357 e. The zero-order chi connectivity index (χ0) is 15.2. The standard InChI is InChI=1S/C18H28N4.HI/c1-2-19-18(21-17-9-10-17)20-13-15-5-7-16(8-6-15)14-22-11-3-4-12-22;/h5-8,17H,2-4,9-14H2,1H3,(H2,19,20,21);1H. The summed E-state index contributed by atoms with van der Waals surface area (Å²) in [5, 5.41) is 6.77. The summed E-state index contributed by atoms with van der Waals surface area (Å²) >= 11 is 0. The Kier molecular flexibility index (Phi) is 7.62. The fourth-order valence-electron chi connectivity index (χ4n) is 2.86. The number of likely N-dealkylation sites (tertiary alicyclic amines) is 1. The minimum atomic E-state index is 0. The SMILES string of the molecule is CCNC(=NCc1ccc(CN2CCCC2)cc1)NC1CC1.I. The lowest BCUT2D eigenvalue weighted by Gasteiger charge is -2.14. The summed E-state index contributed by atoms with van der Waals surface area (Å²) in [6.45, 7) is 7.36. The highest BCUT2D eigenvalue weighted by molar-refractivity contribution is 14.0. The van der Waals surface area contributed by atoms with Crippen LogP contribution in [0.2, 0.25) is 0 Å². The Balaban J connectivity index is 0.00000192. The minimum Gasteiger partial charge on any atom is -0.357 e. The van der Waals surface area contributed by atoms with E-state index >= 15 is 0 Å². The van der Waals surface area contributed by atoms with Crippen LogP contribution in [0.5, 0.6) is 0 Å². The van der Waals surface area contributed by atoms with Gasteiger partial charge in [0.05, 0.1) is 6.54 Å². The fourth-order valence-corrected chi connectivity index (χ4v) is 2.86. The molecule has 4 nitrogen and oxygen atoms in total. The molecule has 1 aliphatic carbocycles. The van der Waals surface area contributed by atoms with Crippen LogP contribution in [-0.4, -0.2) is 36.5 Å². The number of aliphatic imine (C=N–C) groups is 1. The van der Waals surface area contributed by atoms with Crippen molar-refractivity contribution in [1.29, 1.82) is 0 Å². The lowest BCUT2D eigenvalue weighted by Crippen LogP contribution is -2.38. The molecule has 0 aromatic heterocycles. The summed E-state index contributed by atoms with van der Waals surface area (Å²) in [4.78, 5) is 7.22. The van der Waals surface area contributed by atoms with Crippen LogP contribution in [0, 0.1) is 0 Å². The molecule has 0 spiro atoms. The van der Waals surface area contributed by atoms with E-state index in [0.29, 0.717) is 6.04 Å². The summed E-state index contributed by atoms with van der Waals surface area (Å²) < 4.78 is 0. The molecule has 0 amide bonds. The Hall–Kier alpha value is -0.820. The molecule has 2 aliphatic rings. The number of rotatable bonds is 6. The quantitative estimate of drug-likeness (QED) is 0.416. The van der Waals surface area contributed by atoms with Crippen LogP contribution in [-0.2, 0) is 13.1 Å². The van der Waals surface area contributed by atoms with E-state index in [9.17, 15) is 0 Å². The molecule has 0 bridgehead atoms. The molecule has 1 aromatic rings. The van der Waals surface area contributed by atoms with Gasteiger partial charge < -0.3 is 10.6 Å². The molecule has 2 N–H and O–H groups in total. The van der Waals surface area contributed by atoms with Crippen molar-refractivity contribution < 1.29 is 0 Å². The van der Waals surface area contributed by atoms with Crippen molar-refractivity contribution in [2.75, 3.05) is 19.6 Å². The Bertz CT molecular complexity index is 490. The smallest absolute Gasteiger partial charge is 0.191 e. The average Bonchev–Trinajstić information content (AvgIpc) is 3.20. The van der Waals surface area contributed by atoms with E-state index < -0.39 is 0 Å². The lowest BCUT2D eigenvalue weighted by atomic mass is 10.1. The molecule has 1 aliphatic heterocycles. The van der Waals surface area contributed by atoms with E-state index in [1.807, 2.05) is 0 Å². The van der Waals surface area contributed by atoms with Crippen molar-refractivity contribution in [3.05, 3.63) is 35.4 Å². The zero-order valence-electron chi connectivity index (χ0n) is 14.1. The van der Waals surface area contributed by atoms with Crippen LogP contribution in [0.15, 0.2) is 29.3 Å². The first-order valence-electron chi connectivity index (χ1n) is 8.68. The van der Waals surface area contributed by atoms with E-state index in [0.717, 1.165) is 25.6 Å². The van der Waals surface area contributed by atoms with Crippen LogP contribution in [0.4, 0.5) is 0 Å². The fraction of sp³-hybridized carbons (Fsp3) is 0.611. The number of halogens is 1. The predicted octanol–water partition coefficient (Wildman–Crippen LogP) is 3.12. The molecular weight excluding hydrogens is 399 g/mol. The van der Waals surface area contributed by atoms with Gasteiger partial charge in [0, 0.05) is 19.1 Å². The summed E-state index contributed by atoms with van der Waals surface area (Å²) in [6.07, 6.45) is 5.26. The number of guanidine groups is 1. The summed E-state index contributed by atoms with van der Waals surface area (Å²) in [6, 6.07) is 9.58. The normalized spacial score (nSPS) is 18.6. The van der Waals surface area contributed by atoms with E-state index in [1.54, 1.807) is 0 Å². The zero-order valence-corrected chi connectivity index (χ0v) is 16.4. The van der Waals surface area contributed by atoms with Crippen LogP contribution < -0.4 is 10.6 Å². The number of hydrogen-bond donors (Lipinski definition) is 2.